The number of carbonyl (C=O) groups excluding carboxylic acids is 2. The van der Waals surface area contributed by atoms with Gasteiger partial charge >= 0.3 is 12.0 Å². The molecule has 3 unspecified atom stereocenters. The molecule has 2 fully saturated rings. The molecule has 0 aromatic heterocycles. The highest BCUT2D eigenvalue weighted by Crippen LogP contribution is 2.27. The Morgan fingerprint density at radius 3 is 2.35 bits per heavy atom. The fraction of sp³-hybridized carbons (Fsp3) is 0.769. The second-order valence-corrected chi connectivity index (χ2v) is 5.56. The van der Waals surface area contributed by atoms with Crippen LogP contribution in [-0.4, -0.2) is 58.0 Å². The average molecular weight is 283 g/mol. The number of hydrogen-bond acceptors (Lipinski definition) is 3. The van der Waals surface area contributed by atoms with E-state index < -0.39 is 23.8 Å². The van der Waals surface area contributed by atoms with Crippen molar-refractivity contribution in [3.8, 4) is 0 Å². The number of amides is 3. The van der Waals surface area contributed by atoms with Gasteiger partial charge in [0.15, 0.2) is 0 Å². The molecule has 0 aromatic carbocycles. The van der Waals surface area contributed by atoms with E-state index in [9.17, 15) is 14.4 Å². The summed E-state index contributed by atoms with van der Waals surface area (Å²) in [6.45, 7) is 2.67. The molecule has 0 aromatic rings. The van der Waals surface area contributed by atoms with Crippen LogP contribution in [0, 0.1) is 5.92 Å². The Morgan fingerprint density at radius 2 is 1.80 bits per heavy atom. The van der Waals surface area contributed by atoms with Crippen LogP contribution in [0.15, 0.2) is 0 Å². The highest BCUT2D eigenvalue weighted by molar-refractivity contribution is 5.86. The summed E-state index contributed by atoms with van der Waals surface area (Å²) in [6, 6.07) is -1.17. The lowest BCUT2D eigenvalue weighted by molar-refractivity contribution is -0.142. The second kappa shape index (κ2) is 5.68. The average Bonchev–Trinajstić information content (AvgIpc) is 2.79. The highest BCUT2D eigenvalue weighted by Gasteiger charge is 2.42. The quantitative estimate of drug-likeness (QED) is 0.757. The number of rotatable bonds is 2. The maximum Gasteiger partial charge on any atom is 0.320 e. The fourth-order valence-corrected chi connectivity index (χ4v) is 3.16. The van der Waals surface area contributed by atoms with Crippen molar-refractivity contribution in [2.75, 3.05) is 13.1 Å². The smallest absolute Gasteiger partial charge is 0.320 e. The van der Waals surface area contributed by atoms with Gasteiger partial charge in [-0.05, 0) is 32.6 Å². The molecular weight excluding hydrogens is 262 g/mol. The molecule has 0 spiro atoms. The van der Waals surface area contributed by atoms with Crippen LogP contribution in [0.2, 0.25) is 0 Å². The number of nitrogens with zero attached hydrogens (tertiary/aromatic N) is 2. The molecule has 7 nitrogen and oxygen atoms in total. The number of likely N-dealkylation sites (tertiary alicyclic amines) is 2. The zero-order valence-electron chi connectivity index (χ0n) is 11.6. The molecular formula is C13H21N3O4. The topological polar surface area (TPSA) is 104 Å². The number of carboxylic acid groups (broad SMARTS) is 1. The van der Waals surface area contributed by atoms with Crippen LogP contribution in [0.4, 0.5) is 4.79 Å². The van der Waals surface area contributed by atoms with Gasteiger partial charge in [0.05, 0.1) is 5.92 Å². The number of carboxylic acids is 1. The maximum atomic E-state index is 12.5. The van der Waals surface area contributed by atoms with E-state index >= 15 is 0 Å². The zero-order valence-corrected chi connectivity index (χ0v) is 11.6. The molecule has 0 radical (unpaired) electrons. The molecule has 2 aliphatic rings. The molecule has 0 aliphatic carbocycles. The van der Waals surface area contributed by atoms with Crippen molar-refractivity contribution in [1.82, 2.24) is 9.80 Å². The third kappa shape index (κ3) is 2.57. The third-order valence-corrected chi connectivity index (χ3v) is 4.39. The first-order valence-electron chi connectivity index (χ1n) is 7.03. The Morgan fingerprint density at radius 1 is 1.10 bits per heavy atom. The Balaban J connectivity index is 2.10. The van der Waals surface area contributed by atoms with Gasteiger partial charge in [-0.3, -0.25) is 9.59 Å². The van der Waals surface area contributed by atoms with E-state index in [0.717, 1.165) is 12.8 Å². The largest absolute Gasteiger partial charge is 0.481 e. The van der Waals surface area contributed by atoms with Crippen LogP contribution < -0.4 is 5.73 Å². The van der Waals surface area contributed by atoms with E-state index in [2.05, 4.69) is 0 Å². The molecule has 2 aliphatic heterocycles. The summed E-state index contributed by atoms with van der Waals surface area (Å²) in [4.78, 5) is 38.2. The first kappa shape index (κ1) is 14.6. The Kier molecular flexibility index (Phi) is 4.15. The predicted octanol–water partition coefficient (Wildman–Crippen LogP) is 0.241. The van der Waals surface area contributed by atoms with Gasteiger partial charge < -0.3 is 20.6 Å². The SMILES string of the molecule is CC1C(C(=O)O)CCN1C(=O)N1CCCCC1C(N)=O. The van der Waals surface area contributed by atoms with Gasteiger partial charge in [-0.2, -0.15) is 0 Å². The van der Waals surface area contributed by atoms with Gasteiger partial charge in [0.1, 0.15) is 6.04 Å². The molecule has 7 heteroatoms. The van der Waals surface area contributed by atoms with Gasteiger partial charge in [0.2, 0.25) is 5.91 Å². The summed E-state index contributed by atoms with van der Waals surface area (Å²) in [5.74, 6) is -1.90. The second-order valence-electron chi connectivity index (χ2n) is 5.56. The monoisotopic (exact) mass is 283 g/mol. The van der Waals surface area contributed by atoms with Crippen LogP contribution in [0.25, 0.3) is 0 Å². The fourth-order valence-electron chi connectivity index (χ4n) is 3.16. The van der Waals surface area contributed by atoms with E-state index in [4.69, 9.17) is 10.8 Å². The van der Waals surface area contributed by atoms with Crippen molar-refractivity contribution in [1.29, 1.82) is 0 Å². The number of primary amides is 1. The minimum Gasteiger partial charge on any atom is -0.481 e. The van der Waals surface area contributed by atoms with Gasteiger partial charge in [-0.1, -0.05) is 0 Å². The van der Waals surface area contributed by atoms with Crippen molar-refractivity contribution in [3.63, 3.8) is 0 Å². The zero-order chi connectivity index (χ0) is 14.9. The minimum atomic E-state index is -0.877. The van der Waals surface area contributed by atoms with E-state index in [-0.39, 0.29) is 12.1 Å². The Labute approximate surface area is 117 Å². The number of aliphatic carboxylic acids is 1. The van der Waals surface area contributed by atoms with Crippen molar-refractivity contribution in [2.24, 2.45) is 11.7 Å². The third-order valence-electron chi connectivity index (χ3n) is 4.39. The summed E-state index contributed by atoms with van der Waals surface area (Å²) in [7, 11) is 0. The Hall–Kier alpha value is -1.79. The van der Waals surface area contributed by atoms with Crippen molar-refractivity contribution < 1.29 is 19.5 Å². The summed E-state index contributed by atoms with van der Waals surface area (Å²) >= 11 is 0. The van der Waals surface area contributed by atoms with E-state index in [1.807, 2.05) is 0 Å². The van der Waals surface area contributed by atoms with Crippen LogP contribution in [0.1, 0.15) is 32.6 Å². The van der Waals surface area contributed by atoms with Crippen molar-refractivity contribution >= 4 is 17.9 Å². The van der Waals surface area contributed by atoms with E-state index in [1.54, 1.807) is 11.8 Å². The van der Waals surface area contributed by atoms with Crippen molar-refractivity contribution in [3.05, 3.63) is 0 Å². The van der Waals surface area contributed by atoms with Crippen LogP contribution in [0.5, 0.6) is 0 Å². The first-order chi connectivity index (χ1) is 9.43. The number of piperidine rings is 1. The molecule has 3 N–H and O–H groups in total. The van der Waals surface area contributed by atoms with Crippen LogP contribution >= 0.6 is 0 Å². The lowest BCUT2D eigenvalue weighted by atomic mass is 10.0. The lowest BCUT2D eigenvalue weighted by Gasteiger charge is -2.37. The van der Waals surface area contributed by atoms with E-state index in [0.29, 0.717) is 25.9 Å². The first-order valence-corrected chi connectivity index (χ1v) is 7.03. The molecule has 2 rings (SSSR count). The van der Waals surface area contributed by atoms with Gasteiger partial charge in [0, 0.05) is 19.1 Å². The molecule has 3 atom stereocenters. The standard InChI is InChI=1S/C13H21N3O4/c1-8-9(12(18)19)5-7-15(8)13(20)16-6-3-2-4-10(16)11(14)17/h8-10H,2-7H2,1H3,(H2,14,17)(H,18,19). The van der Waals surface area contributed by atoms with Crippen LogP contribution in [0.3, 0.4) is 0 Å². The van der Waals surface area contributed by atoms with E-state index in [1.165, 1.54) is 4.90 Å². The molecule has 0 saturated carbocycles. The normalized spacial score (nSPS) is 30.4. The molecule has 112 valence electrons. The predicted molar refractivity (Wildman–Crippen MR) is 70.8 cm³/mol. The molecule has 2 heterocycles. The maximum absolute atomic E-state index is 12.5. The summed E-state index contributed by atoms with van der Waals surface area (Å²) in [6.07, 6.45) is 2.77. The number of urea groups is 1. The summed E-state index contributed by atoms with van der Waals surface area (Å²) < 4.78 is 0. The number of nitrogens with two attached hydrogens (primary N) is 1. The lowest BCUT2D eigenvalue weighted by Crippen LogP contribution is -2.55. The van der Waals surface area contributed by atoms with Crippen molar-refractivity contribution in [2.45, 2.75) is 44.7 Å². The summed E-state index contributed by atoms with van der Waals surface area (Å²) in [5.41, 5.74) is 5.36. The number of carbonyl (C=O) groups is 3. The van der Waals surface area contributed by atoms with Crippen LogP contribution in [-0.2, 0) is 9.59 Å². The molecule has 0 bridgehead atoms. The summed E-state index contributed by atoms with van der Waals surface area (Å²) in [5, 5.41) is 9.11. The molecule has 3 amide bonds. The van der Waals surface area contributed by atoms with Gasteiger partial charge in [-0.15, -0.1) is 0 Å². The Bertz CT molecular complexity index is 426. The molecule has 20 heavy (non-hydrogen) atoms. The minimum absolute atomic E-state index is 0.259. The van der Waals surface area contributed by atoms with Gasteiger partial charge in [0.25, 0.3) is 0 Å². The van der Waals surface area contributed by atoms with Gasteiger partial charge in [-0.25, -0.2) is 4.79 Å². The molecule has 2 saturated heterocycles. The highest BCUT2D eigenvalue weighted by atomic mass is 16.4. The number of hydrogen-bond donors (Lipinski definition) is 2.